The average Bonchev–Trinajstić information content (AvgIpc) is 3.05. The van der Waals surface area contributed by atoms with Crippen LogP contribution >= 0.6 is 15.9 Å². The van der Waals surface area contributed by atoms with Crippen LogP contribution in [0.15, 0.2) is 11.6 Å². The zero-order chi connectivity index (χ0) is 24.2. The van der Waals surface area contributed by atoms with Crippen LogP contribution in [0.5, 0.6) is 0 Å². The Labute approximate surface area is 210 Å². The van der Waals surface area contributed by atoms with Crippen LogP contribution in [-0.2, 0) is 9.53 Å². The minimum atomic E-state index is -1.04. The van der Waals surface area contributed by atoms with Crippen LogP contribution in [0.2, 0.25) is 0 Å². The van der Waals surface area contributed by atoms with Gasteiger partial charge in [-0.05, 0) is 99.2 Å². The maximum atomic E-state index is 14.0. The molecule has 9 atom stereocenters. The summed E-state index contributed by atoms with van der Waals surface area (Å²) in [6, 6.07) is 0. The van der Waals surface area contributed by atoms with Crippen LogP contribution < -0.4 is 0 Å². The molecule has 4 heteroatoms. The maximum Gasteiger partial charge on any atom is 0.302 e. The smallest absolute Gasteiger partial charge is 0.302 e. The topological polar surface area (TPSA) is 26.3 Å². The van der Waals surface area contributed by atoms with Crippen molar-refractivity contribution in [2.24, 2.45) is 40.4 Å². The van der Waals surface area contributed by atoms with Crippen LogP contribution in [-0.4, -0.2) is 22.6 Å². The molecule has 2 nitrogen and oxygen atoms in total. The van der Waals surface area contributed by atoms with Gasteiger partial charge in [-0.1, -0.05) is 61.2 Å². The molecule has 0 amide bonds. The molecule has 0 N–H and O–H groups in total. The second-order valence-electron chi connectivity index (χ2n) is 13.1. The molecule has 0 aromatic heterocycles. The van der Waals surface area contributed by atoms with Crippen LogP contribution in [0.1, 0.15) is 106 Å². The molecule has 0 bridgehead atoms. The van der Waals surface area contributed by atoms with Crippen molar-refractivity contribution < 1.29 is 13.9 Å². The normalized spacial score (nSPS) is 43.7. The summed E-state index contributed by atoms with van der Waals surface area (Å²) in [5.74, 6) is 3.49. The zero-order valence-electron chi connectivity index (χ0n) is 21.8. The number of ether oxygens (including phenoxy) is 1. The zero-order valence-corrected chi connectivity index (χ0v) is 23.3. The van der Waals surface area contributed by atoms with Crippen molar-refractivity contribution in [2.75, 3.05) is 0 Å². The van der Waals surface area contributed by atoms with Gasteiger partial charge in [-0.15, -0.1) is 0 Å². The molecule has 0 aromatic carbocycles. The van der Waals surface area contributed by atoms with E-state index in [-0.39, 0.29) is 17.5 Å². The first-order valence-corrected chi connectivity index (χ1v) is 14.5. The van der Waals surface area contributed by atoms with E-state index in [0.717, 1.165) is 49.9 Å². The van der Waals surface area contributed by atoms with Crippen LogP contribution in [0.4, 0.5) is 4.39 Å². The monoisotopic (exact) mass is 524 g/mol. The Kier molecular flexibility index (Phi) is 7.20. The van der Waals surface area contributed by atoms with Crippen molar-refractivity contribution in [1.82, 2.24) is 0 Å². The van der Waals surface area contributed by atoms with Gasteiger partial charge in [0.1, 0.15) is 11.8 Å². The summed E-state index contributed by atoms with van der Waals surface area (Å²) in [6.45, 7) is 12.5. The van der Waals surface area contributed by atoms with Gasteiger partial charge in [0, 0.05) is 18.2 Å². The Morgan fingerprint density at radius 3 is 2.61 bits per heavy atom. The molecule has 3 fully saturated rings. The third-order valence-corrected chi connectivity index (χ3v) is 11.4. The summed E-state index contributed by atoms with van der Waals surface area (Å²) < 4.78 is 19.6. The van der Waals surface area contributed by atoms with E-state index in [1.165, 1.54) is 38.2 Å². The van der Waals surface area contributed by atoms with Crippen molar-refractivity contribution in [3.05, 3.63) is 11.6 Å². The molecule has 0 aromatic rings. The number of carbonyl (C=O) groups excluding carboxylic acids is 1. The Morgan fingerprint density at radius 1 is 1.21 bits per heavy atom. The Balaban J connectivity index is 1.50. The van der Waals surface area contributed by atoms with E-state index in [4.69, 9.17) is 4.74 Å². The highest BCUT2D eigenvalue weighted by Gasteiger charge is 2.61. The predicted molar refractivity (Wildman–Crippen MR) is 137 cm³/mol. The fourth-order valence-corrected chi connectivity index (χ4v) is 9.98. The van der Waals surface area contributed by atoms with Crippen LogP contribution in [0.25, 0.3) is 0 Å². The first-order chi connectivity index (χ1) is 15.3. The van der Waals surface area contributed by atoms with E-state index in [1.54, 1.807) is 13.8 Å². The fourth-order valence-electron chi connectivity index (χ4n) is 8.93. The van der Waals surface area contributed by atoms with E-state index in [1.807, 2.05) is 0 Å². The van der Waals surface area contributed by atoms with Crippen molar-refractivity contribution in [2.45, 2.75) is 122 Å². The van der Waals surface area contributed by atoms with Gasteiger partial charge in [0.15, 0.2) is 0 Å². The lowest BCUT2D eigenvalue weighted by Gasteiger charge is -2.59. The lowest BCUT2D eigenvalue weighted by molar-refractivity contribution is -0.148. The van der Waals surface area contributed by atoms with Gasteiger partial charge in [0.25, 0.3) is 0 Å². The lowest BCUT2D eigenvalue weighted by Crippen LogP contribution is -2.54. The van der Waals surface area contributed by atoms with E-state index < -0.39 is 5.67 Å². The third kappa shape index (κ3) is 4.85. The van der Waals surface area contributed by atoms with Crippen LogP contribution in [0, 0.1) is 40.4 Å². The molecule has 0 aliphatic heterocycles. The summed E-state index contributed by atoms with van der Waals surface area (Å²) >= 11 is 4.14. The fraction of sp³-hybridized carbons (Fsp3) is 0.897. The number of hydrogen-bond donors (Lipinski definition) is 0. The minimum Gasteiger partial charge on any atom is -0.462 e. The highest BCUT2D eigenvalue weighted by molar-refractivity contribution is 9.09. The average molecular weight is 526 g/mol. The Bertz CT molecular complexity index is 772. The first kappa shape index (κ1) is 25.7. The summed E-state index contributed by atoms with van der Waals surface area (Å²) in [4.78, 5) is 12.0. The molecular formula is C29H46BrFO2. The summed E-state index contributed by atoms with van der Waals surface area (Å²) in [5.41, 5.74) is 1.15. The second kappa shape index (κ2) is 9.25. The number of halogens is 2. The molecule has 0 heterocycles. The third-order valence-electron chi connectivity index (χ3n) is 10.6. The highest BCUT2D eigenvalue weighted by atomic mass is 79.9. The number of allylic oxidation sites excluding steroid dienone is 1. The Hall–Kier alpha value is -0.380. The number of rotatable bonds is 6. The molecular weight excluding hydrogens is 479 g/mol. The lowest BCUT2D eigenvalue weighted by atomic mass is 9.47. The van der Waals surface area contributed by atoms with Gasteiger partial charge in [-0.3, -0.25) is 4.79 Å². The Morgan fingerprint density at radius 2 is 1.94 bits per heavy atom. The number of hydrogen-bond acceptors (Lipinski definition) is 2. The largest absolute Gasteiger partial charge is 0.462 e. The van der Waals surface area contributed by atoms with E-state index >= 15 is 0 Å². The molecule has 33 heavy (non-hydrogen) atoms. The molecule has 4 aliphatic carbocycles. The van der Waals surface area contributed by atoms with Gasteiger partial charge >= 0.3 is 5.97 Å². The van der Waals surface area contributed by atoms with Gasteiger partial charge < -0.3 is 4.74 Å². The van der Waals surface area contributed by atoms with Gasteiger partial charge in [0.05, 0.1) is 0 Å². The molecule has 4 aliphatic rings. The van der Waals surface area contributed by atoms with E-state index in [0.29, 0.717) is 28.5 Å². The molecule has 1 unspecified atom stereocenters. The molecule has 0 spiro atoms. The second-order valence-corrected chi connectivity index (χ2v) is 14.2. The molecule has 3 saturated carbocycles. The first-order valence-electron chi connectivity index (χ1n) is 13.6. The van der Waals surface area contributed by atoms with Crippen molar-refractivity contribution in [3.63, 3.8) is 0 Å². The number of carbonyl (C=O) groups is 1. The van der Waals surface area contributed by atoms with Crippen molar-refractivity contribution >= 4 is 21.9 Å². The molecule has 4 rings (SSSR count). The maximum absolute atomic E-state index is 14.0. The quantitative estimate of drug-likeness (QED) is 0.198. The van der Waals surface area contributed by atoms with Crippen molar-refractivity contribution in [3.8, 4) is 0 Å². The van der Waals surface area contributed by atoms with Gasteiger partial charge in [-0.25, -0.2) is 4.39 Å². The standard InChI is InChI=1S/C29H46BrFO2/c1-18(8-7-13-27(3,4)31)22-9-10-23-26-24(12-15-29(22,23)6)28(5)14-11-21(33-19(2)32)16-20(28)17-25(26)30/h17-18,21-26H,7-16H2,1-6H3/t18-,21+,22-,23+,24+,25?,26+,28+,29-/m1/s1. The number of fused-ring (bicyclic) bond motifs is 5. The van der Waals surface area contributed by atoms with Gasteiger partial charge in [0.2, 0.25) is 0 Å². The molecule has 0 radical (unpaired) electrons. The highest BCUT2D eigenvalue weighted by Crippen LogP contribution is 2.68. The SMILES string of the molecule is CC(=O)O[C@H]1CC[C@@]2(C)C(=CC(Br)[C@H]3[C@@H]4CC[C@H]([C@H](C)CCCC(C)(C)F)[C@@]4(C)CC[C@@H]32)C1. The molecule has 0 saturated heterocycles. The summed E-state index contributed by atoms with van der Waals surface area (Å²) in [5, 5.41) is 0. The minimum absolute atomic E-state index is 0.0536. The summed E-state index contributed by atoms with van der Waals surface area (Å²) in [6.07, 6.45) is 13.8. The van der Waals surface area contributed by atoms with E-state index in [2.05, 4.69) is 42.8 Å². The van der Waals surface area contributed by atoms with E-state index in [9.17, 15) is 9.18 Å². The predicted octanol–water partition coefficient (Wildman–Crippen LogP) is 8.43. The number of esters is 1. The summed E-state index contributed by atoms with van der Waals surface area (Å²) in [7, 11) is 0. The van der Waals surface area contributed by atoms with Crippen molar-refractivity contribution in [1.29, 1.82) is 0 Å². The van der Waals surface area contributed by atoms with Gasteiger partial charge in [-0.2, -0.15) is 0 Å². The number of alkyl halides is 2. The molecule has 188 valence electrons. The van der Waals surface area contributed by atoms with Crippen LogP contribution in [0.3, 0.4) is 0 Å².